The van der Waals surface area contributed by atoms with E-state index in [4.69, 9.17) is 21.1 Å². The number of amides is 2. The summed E-state index contributed by atoms with van der Waals surface area (Å²) in [5, 5.41) is 7.72. The van der Waals surface area contributed by atoms with Gasteiger partial charge in [0.25, 0.3) is 5.91 Å². The van der Waals surface area contributed by atoms with Crippen molar-refractivity contribution in [2.75, 3.05) is 20.2 Å². The van der Waals surface area contributed by atoms with Crippen LogP contribution in [0.15, 0.2) is 36.4 Å². The highest BCUT2D eigenvalue weighted by Gasteiger charge is 2.35. The molecule has 1 unspecified atom stereocenters. The molecule has 2 heterocycles. The molecule has 49 heavy (non-hydrogen) atoms. The van der Waals surface area contributed by atoms with Crippen LogP contribution in [0.2, 0.25) is 5.02 Å². The van der Waals surface area contributed by atoms with Gasteiger partial charge in [0.2, 0.25) is 0 Å². The Balaban J connectivity index is 1.49. The summed E-state index contributed by atoms with van der Waals surface area (Å²) in [6, 6.07) is 8.05. The third-order valence-corrected chi connectivity index (χ3v) is 8.90. The standard InChI is InChI=1S/C35H39ClF4N4O5/c1-34(2,3)49-32(46)21-11-13-24(27(37)16-21)30-25-14-12-22(41-33(47)43-18-23(19-43)48-4)17-28(25)44(42-30)31(45)29-20(9-7-10-26(29)36)8-5-6-15-35(38,39)40/h7,9-11,13,16,22-23H,5-6,8,12,14-15,17-19H2,1-4H3,(H,41,47). The number of unbranched alkanes of at least 4 members (excludes halogenated alkanes) is 1. The van der Waals surface area contributed by atoms with E-state index in [1.165, 1.54) is 18.2 Å². The molecule has 1 aromatic heterocycles. The smallest absolute Gasteiger partial charge is 0.389 e. The minimum atomic E-state index is -4.29. The molecule has 2 aromatic carbocycles. The zero-order chi connectivity index (χ0) is 35.7. The van der Waals surface area contributed by atoms with Crippen LogP contribution in [0.5, 0.6) is 0 Å². The Morgan fingerprint density at radius 2 is 1.82 bits per heavy atom. The van der Waals surface area contributed by atoms with Crippen LogP contribution < -0.4 is 5.32 Å². The average Bonchev–Trinajstić information content (AvgIpc) is 3.35. The molecular formula is C35H39ClF4N4O5. The summed E-state index contributed by atoms with van der Waals surface area (Å²) in [6.07, 6.45) is -3.99. The van der Waals surface area contributed by atoms with Crippen LogP contribution in [0.4, 0.5) is 22.4 Å². The highest BCUT2D eigenvalue weighted by molar-refractivity contribution is 6.34. The second kappa shape index (κ2) is 14.5. The number of nitrogens with zero attached hydrogens (tertiary/aromatic N) is 3. The van der Waals surface area contributed by atoms with E-state index < -0.39 is 35.9 Å². The van der Waals surface area contributed by atoms with Gasteiger partial charge in [-0.05, 0) is 82.7 Å². The highest BCUT2D eigenvalue weighted by Crippen LogP contribution is 2.35. The highest BCUT2D eigenvalue weighted by atomic mass is 35.5. The molecule has 1 aliphatic heterocycles. The number of rotatable bonds is 9. The zero-order valence-electron chi connectivity index (χ0n) is 27.8. The molecule has 0 bridgehead atoms. The van der Waals surface area contributed by atoms with Crippen molar-refractivity contribution in [1.29, 1.82) is 0 Å². The lowest BCUT2D eigenvalue weighted by molar-refractivity contribution is -0.135. The second-order valence-electron chi connectivity index (χ2n) is 13.4. The first kappa shape index (κ1) is 36.3. The Morgan fingerprint density at radius 3 is 2.47 bits per heavy atom. The van der Waals surface area contributed by atoms with Gasteiger partial charge in [0.1, 0.15) is 11.4 Å². The van der Waals surface area contributed by atoms with Gasteiger partial charge in [-0.2, -0.15) is 23.0 Å². The van der Waals surface area contributed by atoms with Crippen molar-refractivity contribution in [2.24, 2.45) is 0 Å². The van der Waals surface area contributed by atoms with Crippen LogP contribution in [0.25, 0.3) is 11.3 Å². The van der Waals surface area contributed by atoms with Crippen molar-refractivity contribution < 1.29 is 41.4 Å². The topological polar surface area (TPSA) is 103 Å². The first-order valence-corrected chi connectivity index (χ1v) is 16.5. The zero-order valence-corrected chi connectivity index (χ0v) is 28.5. The number of ether oxygens (including phenoxy) is 2. The number of nitrogens with one attached hydrogen (secondary N) is 1. The lowest BCUT2D eigenvalue weighted by atomic mass is 9.89. The van der Waals surface area contributed by atoms with Gasteiger partial charge in [-0.1, -0.05) is 23.7 Å². The normalized spacial score (nSPS) is 16.6. The lowest BCUT2D eigenvalue weighted by Crippen LogP contribution is -2.59. The SMILES string of the molecule is COC1CN(C(=O)NC2CCc3c(-c4ccc(C(=O)OC(C)(C)C)cc4F)nn(C(=O)c4c(Cl)cccc4CCCCC(F)(F)F)c3C2)C1. The van der Waals surface area contributed by atoms with Crippen LogP contribution in [-0.4, -0.2) is 76.7 Å². The van der Waals surface area contributed by atoms with Gasteiger partial charge in [-0.3, -0.25) is 4.79 Å². The average molecular weight is 707 g/mol. The molecule has 1 saturated heterocycles. The minimum absolute atomic E-state index is 0.0104. The lowest BCUT2D eigenvalue weighted by Gasteiger charge is -2.39. The van der Waals surface area contributed by atoms with Gasteiger partial charge in [0.15, 0.2) is 0 Å². The van der Waals surface area contributed by atoms with Gasteiger partial charge in [0.05, 0.1) is 46.7 Å². The number of hydrogen-bond donors (Lipinski definition) is 1. The Morgan fingerprint density at radius 1 is 1.08 bits per heavy atom. The molecule has 5 rings (SSSR count). The minimum Gasteiger partial charge on any atom is -0.456 e. The largest absolute Gasteiger partial charge is 0.456 e. The summed E-state index contributed by atoms with van der Waals surface area (Å²) in [5.74, 6) is -2.06. The molecule has 2 aliphatic rings. The van der Waals surface area contributed by atoms with Crippen molar-refractivity contribution in [3.63, 3.8) is 0 Å². The van der Waals surface area contributed by atoms with Gasteiger partial charge < -0.3 is 19.7 Å². The Bertz CT molecular complexity index is 1730. The van der Waals surface area contributed by atoms with E-state index in [0.717, 1.165) is 10.7 Å². The first-order chi connectivity index (χ1) is 23.0. The van der Waals surface area contributed by atoms with E-state index in [1.807, 2.05) is 0 Å². The van der Waals surface area contributed by atoms with E-state index in [-0.39, 0.29) is 71.3 Å². The summed E-state index contributed by atoms with van der Waals surface area (Å²) in [5.41, 5.74) is 1.10. The molecule has 0 radical (unpaired) electrons. The molecule has 2 amide bonds. The van der Waals surface area contributed by atoms with E-state index in [2.05, 4.69) is 10.4 Å². The number of carbonyl (C=O) groups excluding carboxylic acids is 3. The molecule has 0 spiro atoms. The third-order valence-electron chi connectivity index (χ3n) is 8.59. The Kier molecular flexibility index (Phi) is 10.7. The predicted octanol–water partition coefficient (Wildman–Crippen LogP) is 7.16. The summed E-state index contributed by atoms with van der Waals surface area (Å²) >= 11 is 6.54. The number of esters is 1. The number of alkyl halides is 3. The van der Waals surface area contributed by atoms with E-state index in [1.54, 1.807) is 44.9 Å². The summed E-state index contributed by atoms with van der Waals surface area (Å²) < 4.78 is 65.9. The quantitative estimate of drug-likeness (QED) is 0.144. The Hall–Kier alpha value is -3.97. The maximum absolute atomic E-state index is 15.7. The van der Waals surface area contributed by atoms with Gasteiger partial charge in [-0.15, -0.1) is 0 Å². The second-order valence-corrected chi connectivity index (χ2v) is 13.8. The number of carbonyl (C=O) groups is 3. The number of urea groups is 1. The molecule has 1 aliphatic carbocycles. The predicted molar refractivity (Wildman–Crippen MR) is 174 cm³/mol. The maximum atomic E-state index is 15.7. The molecule has 14 heteroatoms. The number of likely N-dealkylation sites (tertiary alicyclic amines) is 1. The van der Waals surface area contributed by atoms with Crippen molar-refractivity contribution in [2.45, 2.75) is 89.6 Å². The number of aromatic nitrogens is 2. The summed E-state index contributed by atoms with van der Waals surface area (Å²) in [7, 11) is 1.58. The Labute approximate surface area is 286 Å². The molecular weight excluding hydrogens is 668 g/mol. The van der Waals surface area contributed by atoms with Crippen LogP contribution in [0.1, 0.15) is 84.0 Å². The van der Waals surface area contributed by atoms with Crippen molar-refractivity contribution in [1.82, 2.24) is 20.0 Å². The number of hydrogen-bond acceptors (Lipinski definition) is 6. The number of benzene rings is 2. The number of aryl methyl sites for hydroxylation is 1. The molecule has 1 fully saturated rings. The monoisotopic (exact) mass is 706 g/mol. The van der Waals surface area contributed by atoms with Crippen molar-refractivity contribution in [3.8, 4) is 11.3 Å². The maximum Gasteiger partial charge on any atom is 0.389 e. The van der Waals surface area contributed by atoms with Crippen LogP contribution in [-0.2, 0) is 28.7 Å². The third kappa shape index (κ3) is 8.61. The number of methoxy groups -OCH3 is 1. The van der Waals surface area contributed by atoms with E-state index in [9.17, 15) is 27.6 Å². The fraction of sp³-hybridized carbons (Fsp3) is 0.486. The number of halogens is 5. The molecule has 1 atom stereocenters. The van der Waals surface area contributed by atoms with Crippen LogP contribution in [0, 0.1) is 5.82 Å². The van der Waals surface area contributed by atoms with Gasteiger partial charge >= 0.3 is 18.2 Å². The van der Waals surface area contributed by atoms with E-state index in [0.29, 0.717) is 42.8 Å². The van der Waals surface area contributed by atoms with Gasteiger partial charge in [-0.25, -0.2) is 14.0 Å². The first-order valence-electron chi connectivity index (χ1n) is 16.2. The molecule has 0 saturated carbocycles. The summed E-state index contributed by atoms with van der Waals surface area (Å²) in [6.45, 7) is 6.02. The van der Waals surface area contributed by atoms with Crippen molar-refractivity contribution >= 4 is 29.5 Å². The van der Waals surface area contributed by atoms with E-state index >= 15 is 4.39 Å². The summed E-state index contributed by atoms with van der Waals surface area (Å²) in [4.78, 5) is 41.5. The molecule has 3 aromatic rings. The molecule has 9 nitrogen and oxygen atoms in total. The fourth-order valence-corrected chi connectivity index (χ4v) is 6.35. The van der Waals surface area contributed by atoms with Crippen molar-refractivity contribution in [3.05, 3.63) is 75.2 Å². The molecule has 264 valence electrons. The fourth-order valence-electron chi connectivity index (χ4n) is 6.07. The number of fused-ring (bicyclic) bond motifs is 1. The molecule has 1 N–H and O–H groups in total. The van der Waals surface area contributed by atoms with Gasteiger partial charge in [0, 0.05) is 37.1 Å². The van der Waals surface area contributed by atoms with Crippen LogP contribution >= 0.6 is 11.6 Å². The van der Waals surface area contributed by atoms with Crippen LogP contribution in [0.3, 0.4) is 0 Å².